The molecule has 80 valence electrons. The second kappa shape index (κ2) is 6.28. The van der Waals surface area contributed by atoms with Crippen molar-refractivity contribution in [3.8, 4) is 0 Å². The third-order valence-electron chi connectivity index (χ3n) is 1.40. The highest BCUT2D eigenvalue weighted by Gasteiger charge is 2.39. The molecule has 0 saturated carbocycles. The smallest absolute Gasteiger partial charge is 0.324 e. The fourth-order valence-electron chi connectivity index (χ4n) is 0.985. The maximum atomic E-state index is 9.26. The molecule has 0 fully saturated rings. The van der Waals surface area contributed by atoms with Gasteiger partial charge in [0, 0.05) is 19.8 Å². The summed E-state index contributed by atoms with van der Waals surface area (Å²) in [7, 11) is 0. The Morgan fingerprint density at radius 1 is 1.08 bits per heavy atom. The molecule has 0 aliphatic carbocycles. The molecule has 0 aliphatic heterocycles. The highest BCUT2D eigenvalue weighted by atomic mass is 16.9. The molecule has 5 nitrogen and oxygen atoms in total. The Kier molecular flexibility index (Phi) is 6.19. The Morgan fingerprint density at radius 2 is 1.38 bits per heavy atom. The van der Waals surface area contributed by atoms with E-state index in [1.165, 1.54) is 0 Å². The van der Waals surface area contributed by atoms with Gasteiger partial charge in [-0.05, 0) is 20.8 Å². The highest BCUT2D eigenvalue weighted by molar-refractivity contribution is 4.63. The molecule has 0 bridgehead atoms. The van der Waals surface area contributed by atoms with Crippen LogP contribution < -0.4 is 5.73 Å². The molecule has 1 unspecified atom stereocenters. The first-order valence-corrected chi connectivity index (χ1v) is 4.48. The molecule has 0 aliphatic rings. The van der Waals surface area contributed by atoms with E-state index in [2.05, 4.69) is 0 Å². The summed E-state index contributed by atoms with van der Waals surface area (Å²) >= 11 is 0. The summed E-state index contributed by atoms with van der Waals surface area (Å²) < 4.78 is 15.5. The van der Waals surface area contributed by atoms with Gasteiger partial charge >= 0.3 is 5.97 Å². The van der Waals surface area contributed by atoms with Crippen LogP contribution in [-0.4, -0.2) is 37.1 Å². The van der Waals surface area contributed by atoms with Crippen LogP contribution in [0.5, 0.6) is 0 Å². The van der Waals surface area contributed by atoms with Crippen molar-refractivity contribution in [3.63, 3.8) is 0 Å². The third kappa shape index (κ3) is 3.58. The van der Waals surface area contributed by atoms with Crippen molar-refractivity contribution in [2.45, 2.75) is 33.0 Å². The molecule has 0 aromatic carbocycles. The predicted molar refractivity (Wildman–Crippen MR) is 47.8 cm³/mol. The van der Waals surface area contributed by atoms with Crippen LogP contribution in [0.2, 0.25) is 0 Å². The number of hydrogen-bond donors (Lipinski definition) is 2. The van der Waals surface area contributed by atoms with E-state index in [-0.39, 0.29) is 0 Å². The van der Waals surface area contributed by atoms with E-state index < -0.39 is 12.2 Å². The van der Waals surface area contributed by atoms with Crippen molar-refractivity contribution in [1.29, 1.82) is 0 Å². The van der Waals surface area contributed by atoms with Crippen LogP contribution in [-0.2, 0) is 14.2 Å². The maximum absolute atomic E-state index is 9.26. The van der Waals surface area contributed by atoms with E-state index in [9.17, 15) is 5.11 Å². The van der Waals surface area contributed by atoms with Crippen LogP contribution in [0, 0.1) is 0 Å². The van der Waals surface area contributed by atoms with E-state index in [1.807, 2.05) is 0 Å². The zero-order chi connectivity index (χ0) is 10.3. The summed E-state index contributed by atoms with van der Waals surface area (Å²) in [6.45, 7) is 6.39. The normalized spacial score (nSPS) is 14.5. The largest absolute Gasteiger partial charge is 0.371 e. The quantitative estimate of drug-likeness (QED) is 0.558. The predicted octanol–water partition coefficient (Wildman–Crippen LogP) is 0.0268. The lowest BCUT2D eigenvalue weighted by Gasteiger charge is -2.33. The van der Waals surface area contributed by atoms with Gasteiger partial charge in [-0.1, -0.05) is 0 Å². The molecule has 0 radical (unpaired) electrons. The van der Waals surface area contributed by atoms with Crippen LogP contribution >= 0.6 is 0 Å². The molecule has 1 atom stereocenters. The first kappa shape index (κ1) is 12.8. The Hall–Kier alpha value is -0.200. The van der Waals surface area contributed by atoms with Crippen molar-refractivity contribution >= 4 is 0 Å². The average Bonchev–Trinajstić information content (AvgIpc) is 2.05. The zero-order valence-corrected chi connectivity index (χ0v) is 8.45. The summed E-state index contributed by atoms with van der Waals surface area (Å²) in [6.07, 6.45) is -1.31. The number of aliphatic hydroxyl groups excluding tert-OH is 1. The molecule has 5 heteroatoms. The molecule has 0 heterocycles. The first-order valence-electron chi connectivity index (χ1n) is 4.48. The van der Waals surface area contributed by atoms with Gasteiger partial charge in [0.25, 0.3) is 0 Å². The molecular weight excluding hydrogens is 174 g/mol. The van der Waals surface area contributed by atoms with Crippen LogP contribution in [0.15, 0.2) is 0 Å². The summed E-state index contributed by atoms with van der Waals surface area (Å²) in [4.78, 5) is 0. The molecule has 0 saturated heterocycles. The minimum absolute atomic E-state index is 0.355. The molecule has 0 spiro atoms. The van der Waals surface area contributed by atoms with Crippen molar-refractivity contribution < 1.29 is 19.3 Å². The summed E-state index contributed by atoms with van der Waals surface area (Å²) in [5.74, 6) is -1.52. The summed E-state index contributed by atoms with van der Waals surface area (Å²) in [6, 6.07) is 0. The van der Waals surface area contributed by atoms with Gasteiger partial charge in [0.1, 0.15) is 0 Å². The van der Waals surface area contributed by atoms with Crippen molar-refractivity contribution in [2.24, 2.45) is 5.73 Å². The molecule has 0 amide bonds. The van der Waals surface area contributed by atoms with Crippen LogP contribution in [0.3, 0.4) is 0 Å². The van der Waals surface area contributed by atoms with Crippen molar-refractivity contribution in [1.82, 2.24) is 0 Å². The fraction of sp³-hybridized carbons (Fsp3) is 1.00. The molecule has 0 rings (SSSR count). The second-order valence-corrected chi connectivity index (χ2v) is 2.35. The number of ether oxygens (including phenoxy) is 3. The van der Waals surface area contributed by atoms with E-state index >= 15 is 0 Å². The first-order chi connectivity index (χ1) is 6.13. The summed E-state index contributed by atoms with van der Waals surface area (Å²) in [5.41, 5.74) is 5.31. The maximum Gasteiger partial charge on any atom is 0.324 e. The summed E-state index contributed by atoms with van der Waals surface area (Å²) in [5, 5.41) is 9.26. The second-order valence-electron chi connectivity index (χ2n) is 2.35. The van der Waals surface area contributed by atoms with Gasteiger partial charge in [-0.2, -0.15) is 0 Å². The standard InChI is InChI=1S/C8H19NO4/c1-4-11-8(7(9)10,12-5-2)13-6-3/h7,10H,4-6,9H2,1-3H3. The van der Waals surface area contributed by atoms with Gasteiger partial charge in [0.05, 0.1) is 0 Å². The minimum Gasteiger partial charge on any atom is -0.371 e. The monoisotopic (exact) mass is 193 g/mol. The van der Waals surface area contributed by atoms with Gasteiger partial charge < -0.3 is 19.3 Å². The van der Waals surface area contributed by atoms with Crippen LogP contribution in [0.1, 0.15) is 20.8 Å². The SMILES string of the molecule is CCOC(OCC)(OCC)C(N)O. The van der Waals surface area contributed by atoms with E-state index in [1.54, 1.807) is 20.8 Å². The number of rotatable bonds is 7. The molecule has 0 aromatic heterocycles. The molecule has 0 aromatic rings. The van der Waals surface area contributed by atoms with Gasteiger partial charge in [0.15, 0.2) is 6.23 Å². The van der Waals surface area contributed by atoms with E-state index in [0.717, 1.165) is 0 Å². The molecule has 13 heavy (non-hydrogen) atoms. The number of nitrogens with two attached hydrogens (primary N) is 1. The zero-order valence-electron chi connectivity index (χ0n) is 8.45. The molecular formula is C8H19NO4. The Bertz CT molecular complexity index is 112. The Morgan fingerprint density at radius 3 is 1.54 bits per heavy atom. The third-order valence-corrected chi connectivity index (χ3v) is 1.40. The lowest BCUT2D eigenvalue weighted by molar-refractivity contribution is -0.409. The lowest BCUT2D eigenvalue weighted by atomic mass is 10.4. The van der Waals surface area contributed by atoms with E-state index in [4.69, 9.17) is 19.9 Å². The Balaban J connectivity index is 4.38. The number of aliphatic hydroxyl groups is 1. The van der Waals surface area contributed by atoms with Crippen LogP contribution in [0.4, 0.5) is 0 Å². The van der Waals surface area contributed by atoms with Crippen molar-refractivity contribution in [2.75, 3.05) is 19.8 Å². The fourth-order valence-corrected chi connectivity index (χ4v) is 0.985. The van der Waals surface area contributed by atoms with Gasteiger partial charge in [-0.25, -0.2) is 0 Å². The number of hydrogen-bond acceptors (Lipinski definition) is 5. The van der Waals surface area contributed by atoms with Gasteiger partial charge in [-0.3, -0.25) is 5.73 Å². The molecule has 3 N–H and O–H groups in total. The lowest BCUT2D eigenvalue weighted by Crippen LogP contribution is -2.54. The minimum atomic E-state index is -1.52. The van der Waals surface area contributed by atoms with Gasteiger partial charge in [-0.15, -0.1) is 0 Å². The average molecular weight is 193 g/mol. The highest BCUT2D eigenvalue weighted by Crippen LogP contribution is 2.17. The Labute approximate surface area is 78.8 Å². The van der Waals surface area contributed by atoms with Gasteiger partial charge in [0.2, 0.25) is 0 Å². The van der Waals surface area contributed by atoms with Crippen molar-refractivity contribution in [3.05, 3.63) is 0 Å². The van der Waals surface area contributed by atoms with E-state index in [0.29, 0.717) is 19.8 Å². The topological polar surface area (TPSA) is 73.9 Å². The van der Waals surface area contributed by atoms with Crippen LogP contribution in [0.25, 0.3) is 0 Å².